The normalized spacial score (nSPS) is 15.9. The number of likely N-dealkylation sites (N-methyl/N-ethyl adjacent to an activating group) is 1. The molecule has 2 heterocycles. The summed E-state index contributed by atoms with van der Waals surface area (Å²) in [6, 6.07) is 6.74. The molecule has 0 spiro atoms. The first-order chi connectivity index (χ1) is 11.1. The third-order valence-corrected chi connectivity index (χ3v) is 4.73. The van der Waals surface area contributed by atoms with Crippen LogP contribution in [0.15, 0.2) is 28.8 Å². The van der Waals surface area contributed by atoms with Crippen LogP contribution in [-0.2, 0) is 0 Å². The van der Waals surface area contributed by atoms with Crippen LogP contribution >= 0.6 is 23.2 Å². The van der Waals surface area contributed by atoms with Gasteiger partial charge < -0.3 is 14.3 Å². The van der Waals surface area contributed by atoms with Crippen LogP contribution < -0.4 is 4.90 Å². The van der Waals surface area contributed by atoms with Gasteiger partial charge in [0, 0.05) is 16.7 Å². The number of quaternary nitrogens is 1. The minimum absolute atomic E-state index is 0.0970. The minimum Gasteiger partial charge on any atom is -0.355 e. The molecular formula is C16H18Cl2N3O2+. The van der Waals surface area contributed by atoms with Crippen molar-refractivity contribution in [1.82, 2.24) is 10.1 Å². The fraction of sp³-hybridized carbons (Fsp3) is 0.375. The molecule has 0 saturated carbocycles. The van der Waals surface area contributed by atoms with E-state index in [0.717, 1.165) is 32.7 Å². The molecular weight excluding hydrogens is 337 g/mol. The van der Waals surface area contributed by atoms with Crippen LogP contribution in [0.5, 0.6) is 0 Å². The molecule has 1 aromatic heterocycles. The van der Waals surface area contributed by atoms with Crippen molar-refractivity contribution in [3.63, 3.8) is 0 Å². The molecule has 0 bridgehead atoms. The highest BCUT2D eigenvalue weighted by Crippen LogP contribution is 2.30. The predicted octanol–water partition coefficient (Wildman–Crippen LogP) is 2.01. The van der Waals surface area contributed by atoms with E-state index in [2.05, 4.69) is 12.1 Å². The van der Waals surface area contributed by atoms with Crippen molar-refractivity contribution in [3.05, 3.63) is 40.0 Å². The number of hydrogen-bond donors (Lipinski definition) is 1. The molecule has 1 saturated heterocycles. The summed E-state index contributed by atoms with van der Waals surface area (Å²) in [4.78, 5) is 15.9. The quantitative estimate of drug-likeness (QED) is 0.917. The zero-order valence-electron chi connectivity index (χ0n) is 12.8. The lowest BCUT2D eigenvalue weighted by Crippen LogP contribution is -3.14. The van der Waals surface area contributed by atoms with Gasteiger partial charge in [-0.05, 0) is 25.1 Å². The molecule has 0 atom stereocenters. The van der Waals surface area contributed by atoms with Crippen LogP contribution in [0.4, 0.5) is 0 Å². The number of piperazine rings is 1. The van der Waals surface area contributed by atoms with Gasteiger partial charge in [-0.2, -0.15) is 0 Å². The Morgan fingerprint density at radius 2 is 2.04 bits per heavy atom. The van der Waals surface area contributed by atoms with E-state index < -0.39 is 0 Å². The molecule has 0 radical (unpaired) electrons. The predicted molar refractivity (Wildman–Crippen MR) is 89.1 cm³/mol. The first-order valence-electron chi connectivity index (χ1n) is 7.63. The Bertz CT molecular complexity index is 709. The second-order valence-electron chi connectivity index (χ2n) is 5.60. The van der Waals surface area contributed by atoms with Crippen LogP contribution in [0.25, 0.3) is 11.3 Å². The molecule has 23 heavy (non-hydrogen) atoms. The number of carbonyl (C=O) groups is 1. The van der Waals surface area contributed by atoms with Gasteiger partial charge in [-0.3, -0.25) is 4.79 Å². The lowest BCUT2D eigenvalue weighted by molar-refractivity contribution is -0.902. The number of nitrogens with one attached hydrogen (secondary N) is 1. The van der Waals surface area contributed by atoms with E-state index in [1.807, 2.05) is 4.90 Å². The molecule has 1 aliphatic heterocycles. The maximum atomic E-state index is 12.5. The van der Waals surface area contributed by atoms with Crippen LogP contribution in [0, 0.1) is 0 Å². The van der Waals surface area contributed by atoms with Crippen LogP contribution in [0.2, 0.25) is 10.0 Å². The topological polar surface area (TPSA) is 50.8 Å². The summed E-state index contributed by atoms with van der Waals surface area (Å²) in [5.41, 5.74) is 0.980. The number of aromatic nitrogens is 1. The Hall–Kier alpha value is -1.56. The lowest BCUT2D eigenvalue weighted by Gasteiger charge is -2.31. The van der Waals surface area contributed by atoms with E-state index in [9.17, 15) is 4.79 Å². The minimum atomic E-state index is -0.0970. The van der Waals surface area contributed by atoms with Gasteiger partial charge in [0.1, 0.15) is 0 Å². The molecule has 0 unspecified atom stereocenters. The zero-order valence-corrected chi connectivity index (χ0v) is 14.3. The summed E-state index contributed by atoms with van der Waals surface area (Å²) in [6.45, 7) is 6.67. The summed E-state index contributed by atoms with van der Waals surface area (Å²) in [7, 11) is 0. The first kappa shape index (κ1) is 16.3. The van der Waals surface area contributed by atoms with Gasteiger partial charge in [0.05, 0.1) is 37.7 Å². The van der Waals surface area contributed by atoms with E-state index in [-0.39, 0.29) is 5.91 Å². The van der Waals surface area contributed by atoms with Crippen molar-refractivity contribution in [1.29, 1.82) is 0 Å². The third-order valence-electron chi connectivity index (χ3n) is 4.18. The van der Waals surface area contributed by atoms with Gasteiger partial charge in [-0.25, -0.2) is 0 Å². The van der Waals surface area contributed by atoms with Gasteiger partial charge in [0.15, 0.2) is 11.5 Å². The smallest absolute Gasteiger partial charge is 0.276 e. The van der Waals surface area contributed by atoms with Gasteiger partial charge >= 0.3 is 0 Å². The van der Waals surface area contributed by atoms with E-state index in [1.54, 1.807) is 24.3 Å². The van der Waals surface area contributed by atoms with Crippen molar-refractivity contribution >= 4 is 29.1 Å². The number of benzene rings is 1. The first-order valence-corrected chi connectivity index (χ1v) is 8.39. The van der Waals surface area contributed by atoms with Crippen molar-refractivity contribution in [3.8, 4) is 11.3 Å². The largest absolute Gasteiger partial charge is 0.355 e. The van der Waals surface area contributed by atoms with Crippen LogP contribution in [0.3, 0.4) is 0 Å². The average Bonchev–Trinajstić information content (AvgIpc) is 3.04. The van der Waals surface area contributed by atoms with Gasteiger partial charge in [-0.15, -0.1) is 0 Å². The molecule has 122 valence electrons. The summed E-state index contributed by atoms with van der Waals surface area (Å²) in [5, 5.41) is 4.92. The molecule has 1 amide bonds. The number of nitrogens with zero attached hydrogens (tertiary/aromatic N) is 2. The van der Waals surface area contributed by atoms with Crippen molar-refractivity contribution in [2.24, 2.45) is 0 Å². The number of amides is 1. The number of halogens is 2. The number of hydrogen-bond acceptors (Lipinski definition) is 3. The molecule has 1 aromatic carbocycles. The second kappa shape index (κ2) is 6.91. The fourth-order valence-corrected chi connectivity index (χ4v) is 3.24. The average molecular weight is 355 g/mol. The van der Waals surface area contributed by atoms with Crippen LogP contribution in [-0.4, -0.2) is 48.7 Å². The molecule has 1 aliphatic rings. The van der Waals surface area contributed by atoms with Crippen molar-refractivity contribution in [2.45, 2.75) is 6.92 Å². The number of rotatable bonds is 3. The monoisotopic (exact) mass is 354 g/mol. The highest BCUT2D eigenvalue weighted by Gasteiger charge is 2.26. The molecule has 1 N–H and O–H groups in total. The Balaban J connectivity index is 1.75. The van der Waals surface area contributed by atoms with E-state index in [0.29, 0.717) is 27.1 Å². The standard InChI is InChI=1S/C16H17Cl2N3O2/c1-2-20-5-7-21(8-6-20)16(22)14-10-15(23-19-14)12-4-3-11(17)9-13(12)18/h3-4,9-10H,2,5-8H2,1H3/p+1. The molecule has 1 fully saturated rings. The van der Waals surface area contributed by atoms with Gasteiger partial charge in [-0.1, -0.05) is 28.4 Å². The maximum Gasteiger partial charge on any atom is 0.276 e. The highest BCUT2D eigenvalue weighted by molar-refractivity contribution is 6.36. The van der Waals surface area contributed by atoms with Crippen molar-refractivity contribution < 1.29 is 14.2 Å². The SMILES string of the molecule is CC[NH+]1CCN(C(=O)c2cc(-c3ccc(Cl)cc3Cl)on2)CC1. The Labute approximate surface area is 144 Å². The molecule has 5 nitrogen and oxygen atoms in total. The highest BCUT2D eigenvalue weighted by atomic mass is 35.5. The fourth-order valence-electron chi connectivity index (χ4n) is 2.73. The summed E-state index contributed by atoms with van der Waals surface area (Å²) in [6.07, 6.45) is 0. The van der Waals surface area contributed by atoms with Crippen molar-refractivity contribution in [2.75, 3.05) is 32.7 Å². The molecule has 0 aliphatic carbocycles. The van der Waals surface area contributed by atoms with Crippen LogP contribution in [0.1, 0.15) is 17.4 Å². The van der Waals surface area contributed by atoms with Gasteiger partial charge in [0.2, 0.25) is 0 Å². The Kier molecular flexibility index (Phi) is 4.90. The van der Waals surface area contributed by atoms with Gasteiger partial charge in [0.25, 0.3) is 5.91 Å². The van der Waals surface area contributed by atoms with E-state index in [1.165, 1.54) is 4.90 Å². The van der Waals surface area contributed by atoms with E-state index in [4.69, 9.17) is 27.7 Å². The Morgan fingerprint density at radius 1 is 1.30 bits per heavy atom. The Morgan fingerprint density at radius 3 is 2.70 bits per heavy atom. The zero-order chi connectivity index (χ0) is 16.4. The summed E-state index contributed by atoms with van der Waals surface area (Å²) in [5.74, 6) is 0.369. The summed E-state index contributed by atoms with van der Waals surface area (Å²) < 4.78 is 5.30. The van der Waals surface area contributed by atoms with E-state index >= 15 is 0 Å². The third kappa shape index (κ3) is 3.52. The maximum absolute atomic E-state index is 12.5. The lowest BCUT2D eigenvalue weighted by atomic mass is 10.1. The molecule has 2 aromatic rings. The summed E-state index contributed by atoms with van der Waals surface area (Å²) >= 11 is 12.1. The second-order valence-corrected chi connectivity index (χ2v) is 6.44. The number of carbonyl (C=O) groups excluding carboxylic acids is 1. The molecule has 7 heteroatoms. The molecule has 3 rings (SSSR count).